The van der Waals surface area contributed by atoms with E-state index in [1.165, 1.54) is 17.9 Å². The number of hydrazone groups is 1. The van der Waals surface area contributed by atoms with Crippen LogP contribution in [0, 0.1) is 11.6 Å². The molecular weight excluding hydrogens is 352 g/mol. The largest absolute Gasteiger partial charge is 0.336 e. The Morgan fingerprint density at radius 1 is 1.15 bits per heavy atom. The van der Waals surface area contributed by atoms with Gasteiger partial charge in [0, 0.05) is 20.0 Å². The first kappa shape index (κ1) is 18.7. The number of amides is 1. The first-order chi connectivity index (χ1) is 12.9. The number of benzene rings is 2. The zero-order chi connectivity index (χ0) is 19.6. The second-order valence-electron chi connectivity index (χ2n) is 6.47. The maximum absolute atomic E-state index is 13.4. The van der Waals surface area contributed by atoms with Gasteiger partial charge in [-0.1, -0.05) is 24.3 Å². The molecule has 2 aromatic carbocycles. The monoisotopic (exact) mass is 371 g/mol. The van der Waals surface area contributed by atoms with E-state index in [1.54, 1.807) is 12.1 Å². The molecule has 1 aliphatic rings. The van der Waals surface area contributed by atoms with Crippen molar-refractivity contribution in [3.8, 4) is 0 Å². The Labute approximate surface area is 155 Å². The molecule has 0 aromatic heterocycles. The number of para-hydroxylation sites is 1. The van der Waals surface area contributed by atoms with Crippen LogP contribution in [0.3, 0.4) is 0 Å². The number of ketones is 1. The zero-order valence-corrected chi connectivity index (χ0v) is 15.0. The summed E-state index contributed by atoms with van der Waals surface area (Å²) in [7, 11) is 1.56. The Balaban J connectivity index is 1.78. The summed E-state index contributed by atoms with van der Waals surface area (Å²) in [5.41, 5.74) is 1.44. The molecule has 1 atom stereocenters. The number of hydrogen-bond acceptors (Lipinski definition) is 4. The van der Waals surface area contributed by atoms with Crippen LogP contribution >= 0.6 is 0 Å². The van der Waals surface area contributed by atoms with Gasteiger partial charge in [0.15, 0.2) is 17.4 Å². The van der Waals surface area contributed by atoms with Crippen LogP contribution < -0.4 is 5.01 Å². The highest BCUT2D eigenvalue weighted by Crippen LogP contribution is 2.25. The maximum Gasteiger partial charge on any atom is 0.270 e. The predicted octanol–water partition coefficient (Wildman–Crippen LogP) is 3.15. The van der Waals surface area contributed by atoms with Gasteiger partial charge < -0.3 is 4.90 Å². The summed E-state index contributed by atoms with van der Waals surface area (Å²) in [5, 5.41) is 5.92. The SMILES string of the molecule is CC(=O)[C@H]1CC(C(=O)N(C)Cc2ccc(F)c(F)c2)=NN1c1ccccc1. The summed E-state index contributed by atoms with van der Waals surface area (Å²) < 4.78 is 26.4. The van der Waals surface area contributed by atoms with Crippen molar-refractivity contribution in [2.45, 2.75) is 25.9 Å². The molecule has 3 rings (SSSR count). The minimum atomic E-state index is -0.960. The lowest BCUT2D eigenvalue weighted by Crippen LogP contribution is -2.35. The molecule has 140 valence electrons. The summed E-state index contributed by atoms with van der Waals surface area (Å²) in [6.07, 6.45) is 0.200. The maximum atomic E-state index is 13.4. The van der Waals surface area contributed by atoms with Gasteiger partial charge in [-0.15, -0.1) is 0 Å². The average molecular weight is 371 g/mol. The average Bonchev–Trinajstić information content (AvgIpc) is 3.10. The second kappa shape index (κ2) is 7.65. The molecule has 2 aromatic rings. The number of Topliss-reactive ketones (excluding diaryl/α,β-unsaturated/α-hetero) is 1. The predicted molar refractivity (Wildman–Crippen MR) is 98.3 cm³/mol. The fraction of sp³-hybridized carbons (Fsp3) is 0.250. The van der Waals surface area contributed by atoms with Crippen molar-refractivity contribution in [3.05, 3.63) is 65.7 Å². The fourth-order valence-electron chi connectivity index (χ4n) is 2.98. The summed E-state index contributed by atoms with van der Waals surface area (Å²) in [5.74, 6) is -2.34. The van der Waals surface area contributed by atoms with Crippen molar-refractivity contribution in [1.82, 2.24) is 4.90 Å². The van der Waals surface area contributed by atoms with Gasteiger partial charge in [-0.3, -0.25) is 14.6 Å². The van der Waals surface area contributed by atoms with Gasteiger partial charge in [0.2, 0.25) is 0 Å². The first-order valence-corrected chi connectivity index (χ1v) is 8.48. The Morgan fingerprint density at radius 3 is 2.48 bits per heavy atom. The molecule has 27 heavy (non-hydrogen) atoms. The third kappa shape index (κ3) is 4.02. The highest BCUT2D eigenvalue weighted by molar-refractivity contribution is 6.40. The first-order valence-electron chi connectivity index (χ1n) is 8.48. The molecule has 7 heteroatoms. The van der Waals surface area contributed by atoms with E-state index in [1.807, 2.05) is 30.3 Å². The number of hydrogen-bond donors (Lipinski definition) is 0. The molecule has 0 radical (unpaired) electrons. The van der Waals surface area contributed by atoms with E-state index in [-0.39, 0.29) is 30.4 Å². The van der Waals surface area contributed by atoms with E-state index in [9.17, 15) is 18.4 Å². The van der Waals surface area contributed by atoms with Gasteiger partial charge in [0.05, 0.1) is 5.69 Å². The third-order valence-electron chi connectivity index (χ3n) is 4.40. The minimum absolute atomic E-state index is 0.0892. The molecule has 0 unspecified atom stereocenters. The Hall–Kier alpha value is -3.09. The number of nitrogens with zero attached hydrogens (tertiary/aromatic N) is 3. The lowest BCUT2D eigenvalue weighted by Gasteiger charge is -2.20. The smallest absolute Gasteiger partial charge is 0.270 e. The summed E-state index contributed by atoms with van der Waals surface area (Å²) in [4.78, 5) is 26.1. The molecule has 0 spiro atoms. The summed E-state index contributed by atoms with van der Waals surface area (Å²) >= 11 is 0. The van der Waals surface area contributed by atoms with Crippen LogP contribution in [0.4, 0.5) is 14.5 Å². The lowest BCUT2D eigenvalue weighted by atomic mass is 10.1. The summed E-state index contributed by atoms with van der Waals surface area (Å²) in [6.45, 7) is 1.57. The van der Waals surface area contributed by atoms with Crippen molar-refractivity contribution >= 4 is 23.1 Å². The second-order valence-corrected chi connectivity index (χ2v) is 6.47. The zero-order valence-electron chi connectivity index (χ0n) is 15.0. The van der Waals surface area contributed by atoms with Crippen LogP contribution in [0.25, 0.3) is 0 Å². The summed E-state index contributed by atoms with van der Waals surface area (Å²) in [6, 6.07) is 12.1. The van der Waals surface area contributed by atoms with Gasteiger partial charge in [-0.05, 0) is 36.8 Å². The number of carbonyl (C=O) groups is 2. The van der Waals surface area contributed by atoms with Gasteiger partial charge in [-0.25, -0.2) is 8.78 Å². The van der Waals surface area contributed by atoms with Crippen LogP contribution in [0.5, 0.6) is 0 Å². The Morgan fingerprint density at radius 2 is 1.85 bits per heavy atom. The standard InChI is InChI=1S/C20H19F2N3O2/c1-13(26)19-11-18(23-25(19)15-6-4-3-5-7-15)20(27)24(2)12-14-8-9-16(21)17(22)10-14/h3-10,19H,11-12H2,1-2H3/t19-/m1/s1. The number of anilines is 1. The number of rotatable bonds is 5. The van der Waals surface area contributed by atoms with Crippen molar-refractivity contribution in [1.29, 1.82) is 0 Å². The van der Waals surface area contributed by atoms with Crippen LogP contribution in [-0.4, -0.2) is 35.4 Å². The van der Waals surface area contributed by atoms with Gasteiger partial charge in [0.25, 0.3) is 5.91 Å². The molecule has 1 heterocycles. The van der Waals surface area contributed by atoms with E-state index in [0.717, 1.165) is 17.8 Å². The van der Waals surface area contributed by atoms with E-state index >= 15 is 0 Å². The van der Waals surface area contributed by atoms with E-state index in [2.05, 4.69) is 5.10 Å². The van der Waals surface area contributed by atoms with E-state index < -0.39 is 17.7 Å². The molecular formula is C20H19F2N3O2. The van der Waals surface area contributed by atoms with Crippen LogP contribution in [0.15, 0.2) is 53.6 Å². The van der Waals surface area contributed by atoms with Gasteiger partial charge >= 0.3 is 0 Å². The molecule has 5 nitrogen and oxygen atoms in total. The number of halogens is 2. The van der Waals surface area contributed by atoms with E-state index in [0.29, 0.717) is 5.56 Å². The van der Waals surface area contributed by atoms with Crippen molar-refractivity contribution in [3.63, 3.8) is 0 Å². The molecule has 0 N–H and O–H groups in total. The Bertz CT molecular complexity index is 899. The highest BCUT2D eigenvalue weighted by Gasteiger charge is 2.35. The van der Waals surface area contributed by atoms with Gasteiger partial charge in [-0.2, -0.15) is 5.10 Å². The normalized spacial score (nSPS) is 16.2. The van der Waals surface area contributed by atoms with Crippen molar-refractivity contribution < 1.29 is 18.4 Å². The van der Waals surface area contributed by atoms with E-state index in [4.69, 9.17) is 0 Å². The molecule has 1 amide bonds. The minimum Gasteiger partial charge on any atom is -0.336 e. The van der Waals surface area contributed by atoms with Crippen LogP contribution in [-0.2, 0) is 16.1 Å². The van der Waals surface area contributed by atoms with Crippen molar-refractivity contribution in [2.24, 2.45) is 5.10 Å². The lowest BCUT2D eigenvalue weighted by molar-refractivity contribution is -0.123. The number of carbonyl (C=O) groups excluding carboxylic acids is 2. The topological polar surface area (TPSA) is 53.0 Å². The van der Waals surface area contributed by atoms with Gasteiger partial charge in [0.1, 0.15) is 11.8 Å². The molecule has 1 aliphatic heterocycles. The Kier molecular flexibility index (Phi) is 5.30. The molecule has 0 aliphatic carbocycles. The quantitative estimate of drug-likeness (QED) is 0.811. The molecule has 0 bridgehead atoms. The highest BCUT2D eigenvalue weighted by atomic mass is 19.2. The third-order valence-corrected chi connectivity index (χ3v) is 4.40. The molecule has 0 saturated heterocycles. The van der Waals surface area contributed by atoms with Crippen LogP contribution in [0.2, 0.25) is 0 Å². The fourth-order valence-corrected chi connectivity index (χ4v) is 2.98. The van der Waals surface area contributed by atoms with Crippen LogP contribution in [0.1, 0.15) is 18.9 Å². The molecule has 0 fully saturated rings. The van der Waals surface area contributed by atoms with Crippen molar-refractivity contribution in [2.75, 3.05) is 12.1 Å². The molecule has 0 saturated carbocycles.